The van der Waals surface area contributed by atoms with Crippen LogP contribution in [0.15, 0.2) is 6.07 Å². The molecule has 1 aromatic heterocycles. The minimum atomic E-state index is 0.459. The fourth-order valence-corrected chi connectivity index (χ4v) is 1.89. The van der Waals surface area contributed by atoms with Crippen molar-refractivity contribution in [2.45, 2.75) is 53.1 Å². The minimum Gasteiger partial charge on any atom is -0.374 e. The van der Waals surface area contributed by atoms with Gasteiger partial charge in [0.1, 0.15) is 18.2 Å². The summed E-state index contributed by atoms with van der Waals surface area (Å²) >= 11 is 0. The molecule has 0 saturated heterocycles. The molecule has 114 valence electrons. The Morgan fingerprint density at radius 1 is 1.00 bits per heavy atom. The number of nitrogens with zero attached hydrogens (tertiary/aromatic N) is 2. The van der Waals surface area contributed by atoms with E-state index < -0.39 is 0 Å². The summed E-state index contributed by atoms with van der Waals surface area (Å²) in [6.07, 6.45) is 5.00. The standard InChI is InChI=1S/C15H28N4O/c1-4-7-8-9-10-17-14-11-13(16-5-2)18-15(19-14)12-20-6-3/h11H,4-10,12H2,1-3H3,(H2,16,17,18,19). The molecule has 0 aliphatic heterocycles. The largest absolute Gasteiger partial charge is 0.374 e. The Morgan fingerprint density at radius 3 is 2.40 bits per heavy atom. The number of anilines is 2. The average Bonchev–Trinajstić information content (AvgIpc) is 2.45. The molecule has 1 aromatic rings. The van der Waals surface area contributed by atoms with E-state index in [1.807, 2.05) is 13.0 Å². The quantitative estimate of drug-likeness (QED) is 0.608. The summed E-state index contributed by atoms with van der Waals surface area (Å²) in [6, 6.07) is 1.96. The molecule has 0 fully saturated rings. The topological polar surface area (TPSA) is 59.1 Å². The average molecular weight is 280 g/mol. The monoisotopic (exact) mass is 280 g/mol. The Morgan fingerprint density at radius 2 is 1.75 bits per heavy atom. The smallest absolute Gasteiger partial charge is 0.158 e. The van der Waals surface area contributed by atoms with Crippen LogP contribution in [-0.4, -0.2) is 29.7 Å². The van der Waals surface area contributed by atoms with E-state index in [-0.39, 0.29) is 0 Å². The lowest BCUT2D eigenvalue weighted by molar-refractivity contribution is 0.128. The van der Waals surface area contributed by atoms with E-state index in [1.54, 1.807) is 0 Å². The van der Waals surface area contributed by atoms with Crippen LogP contribution in [0.3, 0.4) is 0 Å². The zero-order chi connectivity index (χ0) is 14.6. The van der Waals surface area contributed by atoms with Crippen LogP contribution in [0.5, 0.6) is 0 Å². The normalized spacial score (nSPS) is 10.6. The Kier molecular flexibility index (Phi) is 8.71. The van der Waals surface area contributed by atoms with Gasteiger partial charge in [-0.3, -0.25) is 0 Å². The van der Waals surface area contributed by atoms with Crippen LogP contribution in [0.1, 0.15) is 52.3 Å². The molecule has 0 atom stereocenters. The van der Waals surface area contributed by atoms with Gasteiger partial charge < -0.3 is 15.4 Å². The summed E-state index contributed by atoms with van der Waals surface area (Å²) < 4.78 is 5.38. The van der Waals surface area contributed by atoms with Gasteiger partial charge in [0.2, 0.25) is 0 Å². The molecule has 1 heterocycles. The second-order valence-electron chi connectivity index (χ2n) is 4.71. The van der Waals surface area contributed by atoms with Crippen molar-refractivity contribution in [3.8, 4) is 0 Å². The molecule has 1 rings (SSSR count). The van der Waals surface area contributed by atoms with Crippen LogP contribution in [-0.2, 0) is 11.3 Å². The number of hydrogen-bond acceptors (Lipinski definition) is 5. The summed E-state index contributed by atoms with van der Waals surface area (Å²) in [4.78, 5) is 8.91. The molecule has 0 aliphatic carbocycles. The van der Waals surface area contributed by atoms with Crippen LogP contribution in [0, 0.1) is 0 Å². The fraction of sp³-hybridized carbons (Fsp3) is 0.733. The van der Waals surface area contributed by atoms with Crippen molar-refractivity contribution in [3.63, 3.8) is 0 Å². The van der Waals surface area contributed by atoms with E-state index in [4.69, 9.17) is 4.74 Å². The maximum absolute atomic E-state index is 5.38. The molecule has 0 unspecified atom stereocenters. The van der Waals surface area contributed by atoms with E-state index in [9.17, 15) is 0 Å². The number of hydrogen-bond donors (Lipinski definition) is 2. The summed E-state index contributed by atoms with van der Waals surface area (Å²) in [5.41, 5.74) is 0. The van der Waals surface area contributed by atoms with E-state index >= 15 is 0 Å². The van der Waals surface area contributed by atoms with Crippen LogP contribution in [0.2, 0.25) is 0 Å². The first-order chi connectivity index (χ1) is 9.80. The lowest BCUT2D eigenvalue weighted by Crippen LogP contribution is -2.10. The van der Waals surface area contributed by atoms with Gasteiger partial charge in [0.15, 0.2) is 5.82 Å². The van der Waals surface area contributed by atoms with E-state index in [2.05, 4.69) is 34.4 Å². The first-order valence-corrected chi connectivity index (χ1v) is 7.73. The van der Waals surface area contributed by atoms with Crippen molar-refractivity contribution in [1.29, 1.82) is 0 Å². The number of aromatic nitrogens is 2. The molecule has 20 heavy (non-hydrogen) atoms. The van der Waals surface area contributed by atoms with Crippen LogP contribution in [0.4, 0.5) is 11.6 Å². The number of unbranched alkanes of at least 4 members (excludes halogenated alkanes) is 3. The maximum atomic E-state index is 5.38. The van der Waals surface area contributed by atoms with Gasteiger partial charge in [-0.05, 0) is 20.3 Å². The van der Waals surface area contributed by atoms with Crippen LogP contribution >= 0.6 is 0 Å². The lowest BCUT2D eigenvalue weighted by Gasteiger charge is -2.10. The first-order valence-electron chi connectivity index (χ1n) is 7.73. The molecule has 0 amide bonds. The van der Waals surface area contributed by atoms with Gasteiger partial charge in [0.05, 0.1) is 0 Å². The van der Waals surface area contributed by atoms with E-state index in [0.29, 0.717) is 13.2 Å². The molecule has 0 aliphatic rings. The highest BCUT2D eigenvalue weighted by Gasteiger charge is 2.04. The molecule has 0 aromatic carbocycles. The van der Waals surface area contributed by atoms with Crippen LogP contribution in [0.25, 0.3) is 0 Å². The SMILES string of the molecule is CCCCCCNc1cc(NCC)nc(COCC)n1. The van der Waals surface area contributed by atoms with Gasteiger partial charge in [0, 0.05) is 25.8 Å². The zero-order valence-electron chi connectivity index (χ0n) is 13.0. The summed E-state index contributed by atoms with van der Waals surface area (Å²) in [5.74, 6) is 2.46. The van der Waals surface area contributed by atoms with Crippen molar-refractivity contribution in [2.75, 3.05) is 30.3 Å². The maximum Gasteiger partial charge on any atom is 0.158 e. The van der Waals surface area contributed by atoms with Crippen LogP contribution < -0.4 is 10.6 Å². The van der Waals surface area contributed by atoms with Gasteiger partial charge >= 0.3 is 0 Å². The third-order valence-corrected chi connectivity index (χ3v) is 2.90. The Balaban J connectivity index is 2.55. The highest BCUT2D eigenvalue weighted by molar-refractivity contribution is 5.47. The first kappa shape index (κ1) is 16.7. The van der Waals surface area contributed by atoms with Gasteiger partial charge in [-0.25, -0.2) is 9.97 Å². The molecule has 5 nitrogen and oxygen atoms in total. The lowest BCUT2D eigenvalue weighted by atomic mass is 10.2. The third-order valence-electron chi connectivity index (χ3n) is 2.90. The number of nitrogens with one attached hydrogen (secondary N) is 2. The summed E-state index contributed by atoms with van der Waals surface area (Å²) in [6.45, 7) is 9.19. The molecular formula is C15H28N4O. The molecule has 5 heteroatoms. The summed E-state index contributed by atoms with van der Waals surface area (Å²) in [5, 5.41) is 6.60. The molecule has 0 saturated carbocycles. The Labute approximate surface area is 122 Å². The molecule has 0 bridgehead atoms. The van der Waals surface area contributed by atoms with Crippen molar-refractivity contribution >= 4 is 11.6 Å². The molecule has 0 radical (unpaired) electrons. The Bertz CT molecular complexity index is 371. The predicted octanol–water partition coefficient (Wildman–Crippen LogP) is 3.44. The van der Waals surface area contributed by atoms with Crippen molar-refractivity contribution < 1.29 is 4.74 Å². The zero-order valence-corrected chi connectivity index (χ0v) is 13.0. The van der Waals surface area contributed by atoms with Crippen molar-refractivity contribution in [3.05, 3.63) is 11.9 Å². The summed E-state index contributed by atoms with van der Waals surface area (Å²) in [7, 11) is 0. The molecular weight excluding hydrogens is 252 g/mol. The molecule has 2 N–H and O–H groups in total. The highest BCUT2D eigenvalue weighted by atomic mass is 16.5. The number of ether oxygens (including phenoxy) is 1. The molecule has 0 spiro atoms. The van der Waals surface area contributed by atoms with Crippen molar-refractivity contribution in [2.24, 2.45) is 0 Å². The van der Waals surface area contributed by atoms with Gasteiger partial charge in [-0.1, -0.05) is 26.2 Å². The second kappa shape index (κ2) is 10.4. The van der Waals surface area contributed by atoms with Crippen molar-refractivity contribution in [1.82, 2.24) is 9.97 Å². The second-order valence-corrected chi connectivity index (χ2v) is 4.71. The minimum absolute atomic E-state index is 0.459. The number of rotatable bonds is 11. The van der Waals surface area contributed by atoms with Gasteiger partial charge in [-0.2, -0.15) is 0 Å². The van der Waals surface area contributed by atoms with E-state index in [1.165, 1.54) is 25.7 Å². The third kappa shape index (κ3) is 6.70. The van der Waals surface area contributed by atoms with E-state index in [0.717, 1.165) is 30.5 Å². The fourth-order valence-electron chi connectivity index (χ4n) is 1.89. The van der Waals surface area contributed by atoms with Gasteiger partial charge in [-0.15, -0.1) is 0 Å². The Hall–Kier alpha value is -1.36. The highest BCUT2D eigenvalue weighted by Crippen LogP contribution is 2.12. The predicted molar refractivity (Wildman–Crippen MR) is 84.2 cm³/mol. The van der Waals surface area contributed by atoms with Gasteiger partial charge in [0.25, 0.3) is 0 Å².